The fraction of sp³-hybridized carbons (Fsp3) is 0.167. The van der Waals surface area contributed by atoms with Gasteiger partial charge in [-0.2, -0.15) is 5.10 Å². The second-order valence-electron chi connectivity index (χ2n) is 6.59. The van der Waals surface area contributed by atoms with Crippen molar-refractivity contribution in [3.05, 3.63) is 87.9 Å². The SMILES string of the molecule is CCOc1cc(/C=N\NC(=O)COc2ccc(Cl)cc2)ccc1OCc1cccc(Cl)c1. The Morgan fingerprint density at radius 1 is 0.938 bits per heavy atom. The largest absolute Gasteiger partial charge is 0.490 e. The lowest BCUT2D eigenvalue weighted by molar-refractivity contribution is -0.123. The Morgan fingerprint density at radius 3 is 2.50 bits per heavy atom. The first-order chi connectivity index (χ1) is 15.5. The van der Waals surface area contributed by atoms with Crippen LogP contribution >= 0.6 is 23.2 Å². The van der Waals surface area contributed by atoms with Crippen LogP contribution in [-0.4, -0.2) is 25.3 Å². The van der Waals surface area contributed by atoms with Gasteiger partial charge in [0.15, 0.2) is 18.1 Å². The molecule has 1 N–H and O–H groups in total. The average Bonchev–Trinajstić information content (AvgIpc) is 2.78. The van der Waals surface area contributed by atoms with Crippen molar-refractivity contribution < 1.29 is 19.0 Å². The summed E-state index contributed by atoms with van der Waals surface area (Å²) in [5.41, 5.74) is 4.12. The zero-order valence-corrected chi connectivity index (χ0v) is 18.9. The molecule has 166 valence electrons. The van der Waals surface area contributed by atoms with E-state index in [2.05, 4.69) is 10.5 Å². The summed E-state index contributed by atoms with van der Waals surface area (Å²) in [5.74, 6) is 1.34. The van der Waals surface area contributed by atoms with Crippen LogP contribution in [0.2, 0.25) is 10.0 Å². The van der Waals surface area contributed by atoms with E-state index < -0.39 is 0 Å². The van der Waals surface area contributed by atoms with Crippen molar-refractivity contribution in [2.45, 2.75) is 13.5 Å². The van der Waals surface area contributed by atoms with Crippen LogP contribution in [-0.2, 0) is 11.4 Å². The van der Waals surface area contributed by atoms with Crippen LogP contribution in [0.3, 0.4) is 0 Å². The van der Waals surface area contributed by atoms with Crippen molar-refractivity contribution >= 4 is 35.3 Å². The molecule has 0 aromatic heterocycles. The summed E-state index contributed by atoms with van der Waals surface area (Å²) in [6.45, 7) is 2.56. The number of carbonyl (C=O) groups excluding carboxylic acids is 1. The Morgan fingerprint density at radius 2 is 1.75 bits per heavy atom. The molecular formula is C24H22Cl2N2O4. The van der Waals surface area contributed by atoms with E-state index in [0.29, 0.717) is 40.5 Å². The number of carbonyl (C=O) groups is 1. The van der Waals surface area contributed by atoms with Crippen LogP contribution < -0.4 is 19.6 Å². The quantitative estimate of drug-likeness (QED) is 0.312. The lowest BCUT2D eigenvalue weighted by atomic mass is 10.2. The summed E-state index contributed by atoms with van der Waals surface area (Å²) < 4.78 is 16.9. The lowest BCUT2D eigenvalue weighted by Crippen LogP contribution is -2.24. The molecule has 0 spiro atoms. The van der Waals surface area contributed by atoms with E-state index in [1.807, 2.05) is 37.3 Å². The Balaban J connectivity index is 1.54. The van der Waals surface area contributed by atoms with Gasteiger partial charge in [0.05, 0.1) is 12.8 Å². The van der Waals surface area contributed by atoms with Gasteiger partial charge in [0.25, 0.3) is 5.91 Å². The number of nitrogens with one attached hydrogen (secondary N) is 1. The van der Waals surface area contributed by atoms with E-state index in [4.69, 9.17) is 37.4 Å². The molecular weight excluding hydrogens is 451 g/mol. The topological polar surface area (TPSA) is 69.2 Å². The van der Waals surface area contributed by atoms with Crippen molar-refractivity contribution in [1.29, 1.82) is 0 Å². The molecule has 6 nitrogen and oxygen atoms in total. The second-order valence-corrected chi connectivity index (χ2v) is 7.47. The standard InChI is InChI=1S/C24H22Cl2N2O4/c1-2-30-23-13-17(6-11-22(23)32-15-18-4-3-5-20(26)12-18)14-27-28-24(29)16-31-21-9-7-19(25)8-10-21/h3-14H,2,15-16H2,1H3,(H,28,29)/b27-14-. The zero-order valence-electron chi connectivity index (χ0n) is 17.4. The van der Waals surface area contributed by atoms with E-state index in [1.54, 1.807) is 36.4 Å². The molecule has 8 heteroatoms. The maximum absolute atomic E-state index is 11.9. The third kappa shape index (κ3) is 7.48. The van der Waals surface area contributed by atoms with Gasteiger partial charge >= 0.3 is 0 Å². The minimum Gasteiger partial charge on any atom is -0.490 e. The fourth-order valence-corrected chi connectivity index (χ4v) is 3.01. The molecule has 0 bridgehead atoms. The van der Waals surface area contributed by atoms with Gasteiger partial charge in [0, 0.05) is 10.0 Å². The highest BCUT2D eigenvalue weighted by Crippen LogP contribution is 2.29. The average molecular weight is 473 g/mol. The third-order valence-electron chi connectivity index (χ3n) is 4.14. The van der Waals surface area contributed by atoms with E-state index in [-0.39, 0.29) is 12.5 Å². The maximum atomic E-state index is 11.9. The minimum atomic E-state index is -0.386. The third-order valence-corrected chi connectivity index (χ3v) is 4.62. The van der Waals surface area contributed by atoms with Crippen molar-refractivity contribution in [1.82, 2.24) is 5.43 Å². The van der Waals surface area contributed by atoms with Crippen LogP contribution in [0.15, 0.2) is 71.8 Å². The van der Waals surface area contributed by atoms with Crippen molar-refractivity contribution in [3.63, 3.8) is 0 Å². The molecule has 0 fully saturated rings. The molecule has 0 aliphatic carbocycles. The number of hydrazone groups is 1. The molecule has 3 aromatic rings. The first-order valence-corrected chi connectivity index (χ1v) is 10.6. The van der Waals surface area contributed by atoms with E-state index in [1.165, 1.54) is 6.21 Å². The molecule has 1 amide bonds. The van der Waals surface area contributed by atoms with Gasteiger partial charge in [-0.05, 0) is 72.6 Å². The van der Waals surface area contributed by atoms with Gasteiger partial charge in [0.2, 0.25) is 0 Å². The monoisotopic (exact) mass is 472 g/mol. The summed E-state index contributed by atoms with van der Waals surface area (Å²) in [7, 11) is 0. The molecule has 0 saturated carbocycles. The predicted octanol–water partition coefficient (Wildman–Crippen LogP) is 5.50. The number of nitrogens with zero attached hydrogens (tertiary/aromatic N) is 1. The molecule has 3 rings (SSSR count). The molecule has 0 heterocycles. The van der Waals surface area contributed by atoms with Crippen LogP contribution in [0.25, 0.3) is 0 Å². The molecule has 3 aromatic carbocycles. The normalized spacial score (nSPS) is 10.7. The first kappa shape index (κ1) is 23.4. The van der Waals surface area contributed by atoms with Gasteiger partial charge in [0.1, 0.15) is 12.4 Å². The Hall–Kier alpha value is -3.22. The molecule has 0 saturated heterocycles. The van der Waals surface area contributed by atoms with E-state index in [9.17, 15) is 4.79 Å². The number of halogens is 2. The van der Waals surface area contributed by atoms with Gasteiger partial charge in [-0.15, -0.1) is 0 Å². The zero-order chi connectivity index (χ0) is 22.8. The highest BCUT2D eigenvalue weighted by atomic mass is 35.5. The van der Waals surface area contributed by atoms with E-state index >= 15 is 0 Å². The summed E-state index contributed by atoms with van der Waals surface area (Å²) >= 11 is 11.8. The van der Waals surface area contributed by atoms with Crippen molar-refractivity contribution in [3.8, 4) is 17.2 Å². The molecule has 0 unspecified atom stereocenters. The van der Waals surface area contributed by atoms with Gasteiger partial charge in [-0.3, -0.25) is 4.79 Å². The van der Waals surface area contributed by atoms with Crippen molar-refractivity contribution in [2.24, 2.45) is 5.10 Å². The lowest BCUT2D eigenvalue weighted by Gasteiger charge is -2.13. The number of benzene rings is 3. The summed E-state index contributed by atoms with van der Waals surface area (Å²) in [6, 6.07) is 19.6. The number of rotatable bonds is 10. The van der Waals surface area contributed by atoms with E-state index in [0.717, 1.165) is 11.1 Å². The van der Waals surface area contributed by atoms with Crippen LogP contribution in [0.4, 0.5) is 0 Å². The predicted molar refractivity (Wildman–Crippen MR) is 126 cm³/mol. The minimum absolute atomic E-state index is 0.167. The Labute approximate surface area is 196 Å². The number of hydrogen-bond acceptors (Lipinski definition) is 5. The van der Waals surface area contributed by atoms with Crippen LogP contribution in [0.1, 0.15) is 18.1 Å². The highest BCUT2D eigenvalue weighted by molar-refractivity contribution is 6.30. The van der Waals surface area contributed by atoms with Gasteiger partial charge in [-0.1, -0.05) is 35.3 Å². The molecule has 0 radical (unpaired) electrons. The Kier molecular flexibility index (Phi) is 8.78. The highest BCUT2D eigenvalue weighted by Gasteiger charge is 2.07. The first-order valence-electron chi connectivity index (χ1n) is 9.88. The summed E-state index contributed by atoms with van der Waals surface area (Å²) in [5, 5.41) is 5.22. The maximum Gasteiger partial charge on any atom is 0.277 e. The van der Waals surface area contributed by atoms with Crippen molar-refractivity contribution in [2.75, 3.05) is 13.2 Å². The molecule has 0 aliphatic rings. The number of hydrogen-bond donors (Lipinski definition) is 1. The van der Waals surface area contributed by atoms with Crippen LogP contribution in [0.5, 0.6) is 17.2 Å². The second kappa shape index (κ2) is 12.0. The van der Waals surface area contributed by atoms with Gasteiger partial charge < -0.3 is 14.2 Å². The molecule has 0 atom stereocenters. The van der Waals surface area contributed by atoms with Crippen LogP contribution in [0, 0.1) is 0 Å². The number of ether oxygens (including phenoxy) is 3. The molecule has 32 heavy (non-hydrogen) atoms. The number of amides is 1. The van der Waals surface area contributed by atoms with Gasteiger partial charge in [-0.25, -0.2) is 5.43 Å². The smallest absolute Gasteiger partial charge is 0.277 e. The Bertz CT molecular complexity index is 1070. The molecule has 0 aliphatic heterocycles. The summed E-state index contributed by atoms with van der Waals surface area (Å²) in [4.78, 5) is 11.9. The fourth-order valence-electron chi connectivity index (χ4n) is 2.67. The summed E-state index contributed by atoms with van der Waals surface area (Å²) in [6.07, 6.45) is 1.52.